The van der Waals surface area contributed by atoms with Crippen LogP contribution < -0.4 is 10.2 Å². The maximum absolute atomic E-state index is 14.1. The molecule has 2 aliphatic rings. The molecule has 1 amide bonds. The van der Waals surface area contributed by atoms with Crippen LogP contribution in [0, 0.1) is 27.8 Å². The predicted molar refractivity (Wildman–Crippen MR) is 85.4 cm³/mol. The lowest BCUT2D eigenvalue weighted by atomic mass is 10.2. The van der Waals surface area contributed by atoms with Gasteiger partial charge in [0.15, 0.2) is 5.82 Å². The molecule has 0 spiro atoms. The number of nitrogens with zero attached hydrogens (tertiary/aromatic N) is 2. The molecule has 1 saturated heterocycles. The van der Waals surface area contributed by atoms with Crippen LogP contribution in [-0.2, 0) is 4.74 Å². The van der Waals surface area contributed by atoms with E-state index in [0.717, 1.165) is 6.07 Å². The van der Waals surface area contributed by atoms with Crippen LogP contribution in [0.5, 0.6) is 0 Å². The number of carbonyl (C=O) groups excluding carboxylic acids is 1. The number of carbonyl (C=O) groups is 1. The summed E-state index contributed by atoms with van der Waals surface area (Å²) >= 11 is 0. The molecule has 0 aromatic heterocycles. The van der Waals surface area contributed by atoms with E-state index in [9.17, 15) is 19.3 Å². The number of nitro groups is 1. The molecule has 3 rings (SSSR count). The largest absolute Gasteiger partial charge is 0.444 e. The molecular weight excluding hydrogens is 317 g/mol. The van der Waals surface area contributed by atoms with Gasteiger partial charge in [-0.15, -0.1) is 0 Å². The van der Waals surface area contributed by atoms with Crippen molar-refractivity contribution in [2.45, 2.75) is 32.4 Å². The van der Waals surface area contributed by atoms with Crippen LogP contribution in [0.15, 0.2) is 18.2 Å². The van der Waals surface area contributed by atoms with Crippen molar-refractivity contribution in [2.75, 3.05) is 18.0 Å². The van der Waals surface area contributed by atoms with Gasteiger partial charge in [-0.05, 0) is 26.8 Å². The second kappa shape index (κ2) is 5.61. The standard InChI is InChI=1S/C16H20FN3O4/c1-16(2,3)24-15(21)18-14-10-7-19(8-11(10)14)13-5-4-9(20(22)23)6-12(13)17/h4-6,10-11,14H,7-8H2,1-3H3,(H,18,21)/t10-,11+,14+. The van der Waals surface area contributed by atoms with Crippen molar-refractivity contribution < 1.29 is 18.8 Å². The number of piperidine rings is 1. The number of amides is 1. The number of hydrogen-bond donors (Lipinski definition) is 1. The van der Waals surface area contributed by atoms with E-state index in [-0.39, 0.29) is 23.6 Å². The van der Waals surface area contributed by atoms with E-state index in [0.29, 0.717) is 18.8 Å². The van der Waals surface area contributed by atoms with E-state index >= 15 is 0 Å². The number of ether oxygens (including phenoxy) is 1. The first-order chi connectivity index (χ1) is 11.2. The Bertz CT molecular complexity index is 676. The summed E-state index contributed by atoms with van der Waals surface area (Å²) in [7, 11) is 0. The predicted octanol–water partition coefficient (Wildman–Crippen LogP) is 2.69. The van der Waals surface area contributed by atoms with E-state index < -0.39 is 22.4 Å². The monoisotopic (exact) mass is 337 g/mol. The Kier molecular flexibility index (Phi) is 3.85. The number of fused-ring (bicyclic) bond motifs is 1. The minimum atomic E-state index is -0.616. The molecule has 1 N–H and O–H groups in total. The van der Waals surface area contributed by atoms with Crippen molar-refractivity contribution in [3.63, 3.8) is 0 Å². The first-order valence-corrected chi connectivity index (χ1v) is 7.84. The first-order valence-electron chi connectivity index (χ1n) is 7.84. The maximum Gasteiger partial charge on any atom is 0.407 e. The fourth-order valence-corrected chi connectivity index (χ4v) is 3.25. The van der Waals surface area contributed by atoms with Crippen molar-refractivity contribution >= 4 is 17.5 Å². The van der Waals surface area contributed by atoms with Gasteiger partial charge >= 0.3 is 6.09 Å². The molecule has 8 heteroatoms. The van der Waals surface area contributed by atoms with Gasteiger partial charge in [0.25, 0.3) is 5.69 Å². The second-order valence-corrected chi connectivity index (χ2v) is 7.30. The summed E-state index contributed by atoms with van der Waals surface area (Å²) in [5.41, 5.74) is -0.434. The molecule has 24 heavy (non-hydrogen) atoms. The Morgan fingerprint density at radius 1 is 1.38 bits per heavy atom. The normalized spacial score (nSPS) is 25.2. The third kappa shape index (κ3) is 3.27. The zero-order valence-electron chi connectivity index (χ0n) is 13.8. The summed E-state index contributed by atoms with van der Waals surface area (Å²) in [4.78, 5) is 23.7. The van der Waals surface area contributed by atoms with E-state index in [2.05, 4.69) is 5.32 Å². The Labute approximate surface area is 138 Å². The minimum Gasteiger partial charge on any atom is -0.444 e. The van der Waals surface area contributed by atoms with Gasteiger partial charge in [0.05, 0.1) is 16.7 Å². The third-order valence-corrected chi connectivity index (χ3v) is 4.36. The maximum atomic E-state index is 14.1. The topological polar surface area (TPSA) is 84.7 Å². The van der Waals surface area contributed by atoms with Gasteiger partial charge < -0.3 is 15.0 Å². The number of rotatable bonds is 3. The lowest BCUT2D eigenvalue weighted by molar-refractivity contribution is -0.385. The van der Waals surface area contributed by atoms with Gasteiger partial charge in [0, 0.05) is 37.0 Å². The second-order valence-electron chi connectivity index (χ2n) is 7.30. The highest BCUT2D eigenvalue weighted by Crippen LogP contribution is 2.47. The highest BCUT2D eigenvalue weighted by Gasteiger charge is 2.57. The smallest absolute Gasteiger partial charge is 0.407 e. The van der Waals surface area contributed by atoms with E-state index in [4.69, 9.17) is 4.74 Å². The lowest BCUT2D eigenvalue weighted by Crippen LogP contribution is -2.38. The van der Waals surface area contributed by atoms with Gasteiger partial charge in [-0.1, -0.05) is 0 Å². The Hall–Kier alpha value is -2.38. The zero-order valence-corrected chi connectivity index (χ0v) is 13.8. The molecular formula is C16H20FN3O4. The van der Waals surface area contributed by atoms with Crippen molar-refractivity contribution in [3.8, 4) is 0 Å². The molecule has 1 saturated carbocycles. The van der Waals surface area contributed by atoms with Crippen LogP contribution in [0.25, 0.3) is 0 Å². The van der Waals surface area contributed by atoms with Gasteiger partial charge in [0.1, 0.15) is 5.60 Å². The molecule has 0 unspecified atom stereocenters. The lowest BCUT2D eigenvalue weighted by Gasteiger charge is -2.24. The molecule has 130 valence electrons. The molecule has 3 atom stereocenters. The van der Waals surface area contributed by atoms with Crippen LogP contribution in [0.1, 0.15) is 20.8 Å². The van der Waals surface area contributed by atoms with Gasteiger partial charge in [-0.2, -0.15) is 0 Å². The molecule has 1 aliphatic heterocycles. The number of non-ortho nitro benzene ring substituents is 1. The zero-order chi connectivity index (χ0) is 17.6. The number of hydrogen-bond acceptors (Lipinski definition) is 5. The summed E-state index contributed by atoms with van der Waals surface area (Å²) < 4.78 is 19.3. The van der Waals surface area contributed by atoms with Crippen LogP contribution >= 0.6 is 0 Å². The molecule has 1 aromatic rings. The number of nitro benzene ring substituents is 1. The molecule has 7 nitrogen and oxygen atoms in total. The van der Waals surface area contributed by atoms with Crippen LogP contribution in [0.4, 0.5) is 20.6 Å². The number of anilines is 1. The van der Waals surface area contributed by atoms with Gasteiger partial charge in [0.2, 0.25) is 0 Å². The third-order valence-electron chi connectivity index (χ3n) is 4.36. The van der Waals surface area contributed by atoms with Crippen molar-refractivity contribution in [1.82, 2.24) is 5.32 Å². The number of benzene rings is 1. The Balaban J connectivity index is 1.57. The Morgan fingerprint density at radius 2 is 2.00 bits per heavy atom. The number of alkyl carbamates (subject to hydrolysis) is 1. The summed E-state index contributed by atoms with van der Waals surface area (Å²) in [5.74, 6) is -0.0821. The van der Waals surface area contributed by atoms with Crippen molar-refractivity contribution in [1.29, 1.82) is 0 Å². The van der Waals surface area contributed by atoms with E-state index in [1.807, 2.05) is 4.90 Å². The Morgan fingerprint density at radius 3 is 2.50 bits per heavy atom. The quantitative estimate of drug-likeness (QED) is 0.677. The van der Waals surface area contributed by atoms with Crippen molar-refractivity contribution in [3.05, 3.63) is 34.1 Å². The summed E-state index contributed by atoms with van der Waals surface area (Å²) in [6.07, 6.45) is -0.435. The van der Waals surface area contributed by atoms with Crippen LogP contribution in [-0.4, -0.2) is 35.7 Å². The van der Waals surface area contributed by atoms with E-state index in [1.165, 1.54) is 12.1 Å². The molecule has 2 fully saturated rings. The highest BCUT2D eigenvalue weighted by molar-refractivity contribution is 5.69. The fourth-order valence-electron chi connectivity index (χ4n) is 3.25. The van der Waals surface area contributed by atoms with Crippen molar-refractivity contribution in [2.24, 2.45) is 11.8 Å². The number of halogens is 1. The highest BCUT2D eigenvalue weighted by atomic mass is 19.1. The summed E-state index contributed by atoms with van der Waals surface area (Å²) in [5, 5.41) is 13.5. The minimum absolute atomic E-state index is 0.0530. The van der Waals surface area contributed by atoms with Crippen LogP contribution in [0.2, 0.25) is 0 Å². The molecule has 1 aromatic carbocycles. The summed E-state index contributed by atoms with van der Waals surface area (Å²) in [6, 6.07) is 3.74. The molecule has 1 heterocycles. The molecule has 0 radical (unpaired) electrons. The van der Waals surface area contributed by atoms with Gasteiger partial charge in [-0.3, -0.25) is 10.1 Å². The van der Waals surface area contributed by atoms with Crippen LogP contribution in [0.3, 0.4) is 0 Å². The molecule has 0 bridgehead atoms. The number of nitrogens with one attached hydrogen (secondary N) is 1. The SMILES string of the molecule is CC(C)(C)OC(=O)N[C@H]1[C@@H]2CN(c3ccc([N+](=O)[O-])cc3F)C[C@@H]21. The van der Waals surface area contributed by atoms with Gasteiger partial charge in [-0.25, -0.2) is 9.18 Å². The average molecular weight is 337 g/mol. The van der Waals surface area contributed by atoms with E-state index in [1.54, 1.807) is 20.8 Å². The summed E-state index contributed by atoms with van der Waals surface area (Å²) in [6.45, 7) is 6.64. The first kappa shape index (κ1) is 16.5. The average Bonchev–Trinajstić information content (AvgIpc) is 2.90. The molecule has 1 aliphatic carbocycles. The fraction of sp³-hybridized carbons (Fsp3) is 0.562.